The lowest BCUT2D eigenvalue weighted by atomic mass is 10.3. The van der Waals surface area contributed by atoms with Crippen LogP contribution in [0.2, 0.25) is 0 Å². The topological polar surface area (TPSA) is 52.8 Å². The van der Waals surface area contributed by atoms with E-state index in [1.54, 1.807) is 6.20 Å². The molecular formula is C18H18N2O3. The fraction of sp³-hybridized carbons (Fsp3) is 0.222. The minimum Gasteiger partial charge on any atom is -0.494 e. The van der Waals surface area contributed by atoms with Crippen LogP contribution < -0.4 is 15.0 Å². The molecule has 0 saturated heterocycles. The van der Waals surface area contributed by atoms with Crippen LogP contribution in [-0.4, -0.2) is 16.0 Å². The van der Waals surface area contributed by atoms with E-state index < -0.39 is 0 Å². The Morgan fingerprint density at radius 2 is 1.74 bits per heavy atom. The van der Waals surface area contributed by atoms with E-state index in [0.29, 0.717) is 23.7 Å². The molecule has 0 atom stereocenters. The van der Waals surface area contributed by atoms with Crippen LogP contribution in [0.15, 0.2) is 53.5 Å². The van der Waals surface area contributed by atoms with E-state index in [1.165, 1.54) is 10.5 Å². The Morgan fingerprint density at radius 3 is 2.43 bits per heavy atom. The fourth-order valence-corrected chi connectivity index (χ4v) is 2.28. The van der Waals surface area contributed by atoms with E-state index in [1.807, 2.05) is 50.2 Å². The number of fused-ring (bicyclic) bond motifs is 1. The normalized spacial score (nSPS) is 10.7. The summed E-state index contributed by atoms with van der Waals surface area (Å²) in [5, 5.41) is 0. The molecule has 3 aromatic rings. The van der Waals surface area contributed by atoms with Gasteiger partial charge in [0.2, 0.25) is 0 Å². The highest BCUT2D eigenvalue weighted by Gasteiger charge is 2.04. The molecule has 0 aliphatic rings. The number of nitrogens with zero attached hydrogens (tertiary/aromatic N) is 2. The lowest BCUT2D eigenvalue weighted by molar-refractivity contribution is 0.299. The maximum absolute atomic E-state index is 12.1. The minimum absolute atomic E-state index is 0.111. The van der Waals surface area contributed by atoms with Crippen LogP contribution in [-0.2, 0) is 6.61 Å². The van der Waals surface area contributed by atoms with Crippen molar-refractivity contribution in [3.05, 3.63) is 70.3 Å². The molecule has 0 amide bonds. The lowest BCUT2D eigenvalue weighted by Crippen LogP contribution is -2.16. The summed E-state index contributed by atoms with van der Waals surface area (Å²) in [4.78, 5) is 16.6. The molecule has 0 spiro atoms. The Kier molecular flexibility index (Phi) is 4.28. The van der Waals surface area contributed by atoms with Crippen molar-refractivity contribution in [1.29, 1.82) is 0 Å². The summed E-state index contributed by atoms with van der Waals surface area (Å²) in [5.74, 6) is 1.51. The van der Waals surface area contributed by atoms with Crippen LogP contribution in [0.5, 0.6) is 11.5 Å². The highest BCUT2D eigenvalue weighted by atomic mass is 16.5. The number of rotatable bonds is 5. The number of aromatic nitrogens is 2. The average molecular weight is 310 g/mol. The second kappa shape index (κ2) is 6.52. The van der Waals surface area contributed by atoms with E-state index >= 15 is 0 Å². The molecule has 0 aliphatic heterocycles. The molecule has 0 bridgehead atoms. The first-order chi connectivity index (χ1) is 11.2. The second-order valence-corrected chi connectivity index (χ2v) is 5.21. The molecule has 5 nitrogen and oxygen atoms in total. The predicted molar refractivity (Wildman–Crippen MR) is 88.1 cm³/mol. The molecule has 0 saturated carbocycles. The van der Waals surface area contributed by atoms with Gasteiger partial charge in [0.15, 0.2) is 0 Å². The molecule has 1 aromatic carbocycles. The summed E-state index contributed by atoms with van der Waals surface area (Å²) in [6.45, 7) is 4.78. The van der Waals surface area contributed by atoms with Gasteiger partial charge < -0.3 is 9.47 Å². The van der Waals surface area contributed by atoms with E-state index in [9.17, 15) is 4.79 Å². The zero-order valence-electron chi connectivity index (χ0n) is 13.2. The van der Waals surface area contributed by atoms with E-state index in [2.05, 4.69) is 4.98 Å². The maximum atomic E-state index is 12.1. The van der Waals surface area contributed by atoms with E-state index in [0.717, 1.165) is 11.3 Å². The molecule has 5 heteroatoms. The number of hydrogen-bond acceptors (Lipinski definition) is 4. The van der Waals surface area contributed by atoms with Gasteiger partial charge in [-0.2, -0.15) is 0 Å². The van der Waals surface area contributed by atoms with Crippen molar-refractivity contribution in [2.24, 2.45) is 0 Å². The van der Waals surface area contributed by atoms with Crippen molar-refractivity contribution in [2.75, 3.05) is 6.61 Å². The molecule has 0 unspecified atom stereocenters. The molecular weight excluding hydrogens is 292 g/mol. The first-order valence-corrected chi connectivity index (χ1v) is 7.50. The van der Waals surface area contributed by atoms with Gasteiger partial charge in [-0.25, -0.2) is 4.98 Å². The highest BCUT2D eigenvalue weighted by molar-refractivity contribution is 5.41. The standard InChI is InChI=1S/C18H18N2O3/c1-3-22-15-4-6-16(7-5-15)23-12-14-11-18(21)20-9-8-13(2)10-17(20)19-14/h4-11H,3,12H2,1-2H3. The molecule has 23 heavy (non-hydrogen) atoms. The maximum Gasteiger partial charge on any atom is 0.258 e. The smallest absolute Gasteiger partial charge is 0.258 e. The Bertz CT molecular complexity index is 870. The second-order valence-electron chi connectivity index (χ2n) is 5.21. The van der Waals surface area contributed by atoms with Crippen LogP contribution in [0.3, 0.4) is 0 Å². The first-order valence-electron chi connectivity index (χ1n) is 7.50. The van der Waals surface area contributed by atoms with Gasteiger partial charge in [0.1, 0.15) is 23.8 Å². The van der Waals surface area contributed by atoms with Crippen molar-refractivity contribution in [2.45, 2.75) is 20.5 Å². The number of ether oxygens (including phenoxy) is 2. The van der Waals surface area contributed by atoms with Crippen molar-refractivity contribution in [3.8, 4) is 11.5 Å². The molecule has 0 fully saturated rings. The zero-order valence-corrected chi connectivity index (χ0v) is 13.2. The Labute approximate surface area is 134 Å². The third-order valence-electron chi connectivity index (χ3n) is 3.40. The van der Waals surface area contributed by atoms with E-state index in [-0.39, 0.29) is 12.2 Å². The van der Waals surface area contributed by atoms with E-state index in [4.69, 9.17) is 9.47 Å². The summed E-state index contributed by atoms with van der Waals surface area (Å²) in [6.07, 6.45) is 1.73. The monoisotopic (exact) mass is 310 g/mol. The van der Waals surface area contributed by atoms with Crippen LogP contribution in [0.25, 0.3) is 5.65 Å². The highest BCUT2D eigenvalue weighted by Crippen LogP contribution is 2.18. The van der Waals surface area contributed by atoms with Crippen LogP contribution in [0.4, 0.5) is 0 Å². The van der Waals surface area contributed by atoms with Crippen molar-refractivity contribution in [1.82, 2.24) is 9.38 Å². The van der Waals surface area contributed by atoms with Gasteiger partial charge in [-0.3, -0.25) is 9.20 Å². The molecule has 2 aromatic heterocycles. The van der Waals surface area contributed by atoms with Crippen molar-refractivity contribution >= 4 is 5.65 Å². The van der Waals surface area contributed by atoms with Gasteiger partial charge in [-0.1, -0.05) is 0 Å². The van der Waals surface area contributed by atoms with Crippen molar-refractivity contribution in [3.63, 3.8) is 0 Å². The van der Waals surface area contributed by atoms with Gasteiger partial charge >= 0.3 is 0 Å². The van der Waals surface area contributed by atoms with Gasteiger partial charge in [0.05, 0.1) is 12.3 Å². The summed E-state index contributed by atoms with van der Waals surface area (Å²) >= 11 is 0. The Morgan fingerprint density at radius 1 is 1.04 bits per heavy atom. The minimum atomic E-state index is -0.111. The van der Waals surface area contributed by atoms with Gasteiger partial charge in [0.25, 0.3) is 5.56 Å². The summed E-state index contributed by atoms with van der Waals surface area (Å²) in [6, 6.07) is 12.6. The average Bonchev–Trinajstić information content (AvgIpc) is 2.54. The molecule has 0 N–H and O–H groups in total. The first kappa shape index (κ1) is 15.1. The summed E-state index contributed by atoms with van der Waals surface area (Å²) in [7, 11) is 0. The number of pyridine rings is 1. The third-order valence-corrected chi connectivity index (χ3v) is 3.40. The fourth-order valence-electron chi connectivity index (χ4n) is 2.28. The van der Waals surface area contributed by atoms with Crippen LogP contribution in [0.1, 0.15) is 18.2 Å². The molecule has 3 rings (SSSR count). The molecule has 2 heterocycles. The van der Waals surface area contributed by atoms with Crippen molar-refractivity contribution < 1.29 is 9.47 Å². The Hall–Kier alpha value is -2.82. The molecule has 118 valence electrons. The molecule has 0 radical (unpaired) electrons. The SMILES string of the molecule is CCOc1ccc(OCc2cc(=O)n3ccc(C)cc3n2)cc1. The number of aryl methyl sites for hydroxylation is 1. The van der Waals surface area contributed by atoms with Crippen LogP contribution in [0, 0.1) is 6.92 Å². The largest absolute Gasteiger partial charge is 0.494 e. The lowest BCUT2D eigenvalue weighted by Gasteiger charge is -2.08. The van der Waals surface area contributed by atoms with Gasteiger partial charge in [-0.05, 0) is 55.8 Å². The van der Waals surface area contributed by atoms with Crippen LogP contribution >= 0.6 is 0 Å². The Balaban J connectivity index is 1.77. The quantitative estimate of drug-likeness (QED) is 0.727. The van der Waals surface area contributed by atoms with Gasteiger partial charge in [-0.15, -0.1) is 0 Å². The predicted octanol–water partition coefficient (Wildman–Crippen LogP) is 2.98. The number of hydrogen-bond donors (Lipinski definition) is 0. The summed E-state index contributed by atoms with van der Waals surface area (Å²) in [5.41, 5.74) is 2.18. The number of benzene rings is 1. The summed E-state index contributed by atoms with van der Waals surface area (Å²) < 4.78 is 12.6. The van der Waals surface area contributed by atoms with Gasteiger partial charge in [0, 0.05) is 12.3 Å². The molecule has 0 aliphatic carbocycles. The zero-order chi connectivity index (χ0) is 16.2. The third kappa shape index (κ3) is 3.51.